The average molecular weight is 471 g/mol. The van der Waals surface area contributed by atoms with E-state index in [-0.39, 0.29) is 6.04 Å². The van der Waals surface area contributed by atoms with Crippen LogP contribution in [0.15, 0.2) is 69.8 Å². The lowest BCUT2D eigenvalue weighted by atomic mass is 9.95. The van der Waals surface area contributed by atoms with Crippen LogP contribution in [0.4, 0.5) is 0 Å². The van der Waals surface area contributed by atoms with Crippen LogP contribution in [0, 0.1) is 0 Å². The molecule has 5 heteroatoms. The van der Waals surface area contributed by atoms with Gasteiger partial charge in [-0.25, -0.2) is 0 Å². The number of hydrogen-bond acceptors (Lipinski definition) is 4. The molecule has 0 unspecified atom stereocenters. The van der Waals surface area contributed by atoms with Gasteiger partial charge in [-0.15, -0.1) is 0 Å². The third kappa shape index (κ3) is 4.58. The Labute approximate surface area is 185 Å². The lowest BCUT2D eigenvalue weighted by molar-refractivity contribution is 0.0195. The van der Waals surface area contributed by atoms with Crippen LogP contribution >= 0.6 is 27.3 Å². The summed E-state index contributed by atoms with van der Waals surface area (Å²) < 4.78 is 1.18. The summed E-state index contributed by atoms with van der Waals surface area (Å²) >= 11 is 5.43. The molecule has 0 aliphatic carbocycles. The van der Waals surface area contributed by atoms with Gasteiger partial charge in [0.05, 0.1) is 6.04 Å². The van der Waals surface area contributed by atoms with E-state index in [1.54, 1.807) is 17.4 Å². The average Bonchev–Trinajstić information content (AvgIpc) is 3.22. The molecule has 4 rings (SSSR count). The molecule has 1 N–H and O–H groups in total. The fourth-order valence-corrected chi connectivity index (χ4v) is 5.44. The number of hydrogen-bond donors (Lipinski definition) is 1. The van der Waals surface area contributed by atoms with Crippen LogP contribution in [0.1, 0.15) is 36.6 Å². The molecule has 1 aliphatic heterocycles. The summed E-state index contributed by atoms with van der Waals surface area (Å²) in [6.45, 7) is 7.60. The van der Waals surface area contributed by atoms with Crippen LogP contribution in [0.2, 0.25) is 0 Å². The highest BCUT2D eigenvalue weighted by Gasteiger charge is 2.35. The Hall–Kier alpha value is -1.66. The Morgan fingerprint density at radius 3 is 2.59 bits per heavy atom. The van der Waals surface area contributed by atoms with Crippen molar-refractivity contribution in [2.24, 2.45) is 0 Å². The number of thiophene rings is 1. The zero-order valence-electron chi connectivity index (χ0n) is 16.8. The molecule has 29 heavy (non-hydrogen) atoms. The third-order valence-corrected chi connectivity index (χ3v) is 7.35. The van der Waals surface area contributed by atoms with Gasteiger partial charge in [0.15, 0.2) is 0 Å². The lowest BCUT2D eigenvalue weighted by Gasteiger charge is -2.47. The van der Waals surface area contributed by atoms with Crippen LogP contribution in [0.3, 0.4) is 0 Å². The van der Waals surface area contributed by atoms with E-state index in [4.69, 9.17) is 0 Å². The first kappa shape index (κ1) is 20.6. The van der Waals surface area contributed by atoms with Crippen LogP contribution in [-0.4, -0.2) is 40.1 Å². The standard InChI is InChI=1S/C24H27BrN2OS/c1-17-14-27(18(2)13-26(17)15-20-6-3-4-9-23(20)25)24(21-10-11-29-16-21)19-7-5-8-22(28)12-19/h3-12,16-18,24,28H,13-15H2,1-2H3/t17-,18+,24+/m1/s1. The van der Waals surface area contributed by atoms with Crippen LogP contribution < -0.4 is 0 Å². The van der Waals surface area contributed by atoms with Crippen molar-refractivity contribution in [3.63, 3.8) is 0 Å². The first-order chi connectivity index (χ1) is 14.0. The molecule has 0 spiro atoms. The number of rotatable bonds is 5. The van der Waals surface area contributed by atoms with Crippen molar-refractivity contribution in [1.82, 2.24) is 9.80 Å². The Bertz CT molecular complexity index is 946. The highest BCUT2D eigenvalue weighted by atomic mass is 79.9. The second-order valence-corrected chi connectivity index (χ2v) is 9.60. The summed E-state index contributed by atoms with van der Waals surface area (Å²) in [4.78, 5) is 5.17. The Morgan fingerprint density at radius 1 is 1.03 bits per heavy atom. The molecule has 1 saturated heterocycles. The van der Waals surface area contributed by atoms with Crippen molar-refractivity contribution < 1.29 is 5.11 Å². The molecule has 1 fully saturated rings. The number of phenolic OH excluding ortho intramolecular Hbond substituents is 1. The molecule has 2 aromatic carbocycles. The van der Waals surface area contributed by atoms with Crippen molar-refractivity contribution in [3.05, 3.63) is 86.5 Å². The minimum Gasteiger partial charge on any atom is -0.508 e. The molecule has 3 nitrogen and oxygen atoms in total. The summed E-state index contributed by atoms with van der Waals surface area (Å²) in [5.74, 6) is 0.330. The van der Waals surface area contributed by atoms with Gasteiger partial charge in [-0.1, -0.05) is 46.3 Å². The minimum absolute atomic E-state index is 0.163. The van der Waals surface area contributed by atoms with E-state index >= 15 is 0 Å². The molecule has 1 aromatic heterocycles. The molecule has 0 saturated carbocycles. The van der Waals surface area contributed by atoms with Crippen molar-refractivity contribution in [1.29, 1.82) is 0 Å². The van der Waals surface area contributed by atoms with Gasteiger partial charge < -0.3 is 5.11 Å². The van der Waals surface area contributed by atoms with Gasteiger partial charge in [-0.2, -0.15) is 11.3 Å². The molecule has 0 radical (unpaired) electrons. The third-order valence-electron chi connectivity index (χ3n) is 5.87. The number of phenols is 1. The van der Waals surface area contributed by atoms with E-state index < -0.39 is 0 Å². The molecule has 1 aliphatic rings. The maximum atomic E-state index is 10.1. The van der Waals surface area contributed by atoms with Crippen molar-refractivity contribution in [3.8, 4) is 5.75 Å². The predicted octanol–water partition coefficient (Wildman–Crippen LogP) is 5.90. The molecular weight excluding hydrogens is 444 g/mol. The predicted molar refractivity (Wildman–Crippen MR) is 124 cm³/mol. The van der Waals surface area contributed by atoms with E-state index in [9.17, 15) is 5.11 Å². The van der Waals surface area contributed by atoms with E-state index in [2.05, 4.69) is 86.7 Å². The SMILES string of the molecule is C[C@@H]1CN([C@H](c2ccsc2)c2cccc(O)c2)[C@@H](C)CN1Cc1ccccc1Br. The molecule has 0 bridgehead atoms. The summed E-state index contributed by atoms with van der Waals surface area (Å²) in [5, 5.41) is 14.5. The van der Waals surface area contributed by atoms with E-state index in [1.807, 2.05) is 12.1 Å². The van der Waals surface area contributed by atoms with Crippen molar-refractivity contribution in [2.45, 2.75) is 38.5 Å². The fraction of sp³-hybridized carbons (Fsp3) is 0.333. The van der Waals surface area contributed by atoms with E-state index in [0.717, 1.165) is 25.2 Å². The second-order valence-electron chi connectivity index (χ2n) is 7.97. The first-order valence-electron chi connectivity index (χ1n) is 10.1. The zero-order chi connectivity index (χ0) is 20.4. The van der Waals surface area contributed by atoms with Crippen LogP contribution in [-0.2, 0) is 6.54 Å². The van der Waals surface area contributed by atoms with E-state index in [0.29, 0.717) is 17.8 Å². The maximum absolute atomic E-state index is 10.1. The normalized spacial score (nSPS) is 21.9. The topological polar surface area (TPSA) is 26.7 Å². The first-order valence-corrected chi connectivity index (χ1v) is 11.8. The molecule has 0 amide bonds. The van der Waals surface area contributed by atoms with Gasteiger partial charge >= 0.3 is 0 Å². The molecule has 3 aromatic rings. The molecule has 2 heterocycles. The zero-order valence-corrected chi connectivity index (χ0v) is 19.2. The van der Waals surface area contributed by atoms with E-state index in [1.165, 1.54) is 15.6 Å². The quantitative estimate of drug-likeness (QED) is 0.502. The van der Waals surface area contributed by atoms with Gasteiger partial charge in [0, 0.05) is 36.2 Å². The largest absolute Gasteiger partial charge is 0.508 e. The monoisotopic (exact) mass is 470 g/mol. The summed E-state index contributed by atoms with van der Waals surface area (Å²) in [7, 11) is 0. The smallest absolute Gasteiger partial charge is 0.115 e. The number of halogens is 1. The Morgan fingerprint density at radius 2 is 1.86 bits per heavy atom. The number of benzene rings is 2. The highest BCUT2D eigenvalue weighted by molar-refractivity contribution is 9.10. The molecule has 152 valence electrons. The molecule has 3 atom stereocenters. The Balaban J connectivity index is 1.58. The van der Waals surface area contributed by atoms with Crippen LogP contribution in [0.25, 0.3) is 0 Å². The van der Waals surface area contributed by atoms with Crippen molar-refractivity contribution in [2.75, 3.05) is 13.1 Å². The number of piperazine rings is 1. The minimum atomic E-state index is 0.163. The summed E-state index contributed by atoms with van der Waals surface area (Å²) in [6.07, 6.45) is 0. The van der Waals surface area contributed by atoms with Crippen molar-refractivity contribution >= 4 is 27.3 Å². The highest BCUT2D eigenvalue weighted by Crippen LogP contribution is 2.35. The van der Waals surface area contributed by atoms with Crippen LogP contribution in [0.5, 0.6) is 5.75 Å². The Kier molecular flexibility index (Phi) is 6.40. The lowest BCUT2D eigenvalue weighted by Crippen LogP contribution is -2.56. The van der Waals surface area contributed by atoms with Gasteiger partial charge in [0.1, 0.15) is 5.75 Å². The maximum Gasteiger partial charge on any atom is 0.115 e. The van der Waals surface area contributed by atoms with Gasteiger partial charge in [0.25, 0.3) is 0 Å². The van der Waals surface area contributed by atoms with Gasteiger partial charge in [-0.05, 0) is 65.6 Å². The van der Waals surface area contributed by atoms with Gasteiger partial charge in [-0.3, -0.25) is 9.80 Å². The fourth-order valence-electron chi connectivity index (χ4n) is 4.35. The number of nitrogens with zero attached hydrogens (tertiary/aromatic N) is 2. The summed E-state index contributed by atoms with van der Waals surface area (Å²) in [6, 6.07) is 19.5. The summed E-state index contributed by atoms with van der Waals surface area (Å²) in [5.41, 5.74) is 3.79. The second kappa shape index (κ2) is 9.00. The molecular formula is C24H27BrN2OS. The number of aromatic hydroxyl groups is 1. The van der Waals surface area contributed by atoms with Gasteiger partial charge in [0.2, 0.25) is 0 Å².